The molecule has 0 radical (unpaired) electrons. The molecule has 2 aliphatic rings. The highest BCUT2D eigenvalue weighted by atomic mass is 16.2. The molecule has 1 saturated heterocycles. The molecule has 1 atom stereocenters. The molecule has 1 saturated carbocycles. The molecule has 1 N–H and O–H groups in total. The lowest BCUT2D eigenvalue weighted by Crippen LogP contribution is -2.59. The van der Waals surface area contributed by atoms with Gasteiger partial charge in [-0.25, -0.2) is 0 Å². The van der Waals surface area contributed by atoms with Crippen molar-refractivity contribution in [2.75, 3.05) is 13.1 Å². The molecule has 20 heavy (non-hydrogen) atoms. The van der Waals surface area contributed by atoms with Gasteiger partial charge in [-0.05, 0) is 31.4 Å². The van der Waals surface area contributed by atoms with Crippen LogP contribution in [0.15, 0.2) is 24.4 Å². The normalized spacial score (nSPS) is 23.5. The number of carbonyl (C=O) groups is 1. The molecule has 4 heteroatoms. The Hall–Kier alpha value is -1.42. The molecular formula is C16H23N3O. The van der Waals surface area contributed by atoms with E-state index in [2.05, 4.69) is 15.2 Å². The van der Waals surface area contributed by atoms with Crippen molar-refractivity contribution < 1.29 is 4.79 Å². The smallest absolute Gasteiger partial charge is 0.237 e. The first-order valence-corrected chi connectivity index (χ1v) is 7.78. The van der Waals surface area contributed by atoms with Gasteiger partial charge in [0.05, 0.1) is 6.04 Å². The van der Waals surface area contributed by atoms with Crippen LogP contribution in [0, 0.1) is 0 Å². The van der Waals surface area contributed by atoms with Gasteiger partial charge in [-0.15, -0.1) is 0 Å². The Kier molecular flexibility index (Phi) is 4.31. The summed E-state index contributed by atoms with van der Waals surface area (Å²) in [5.41, 5.74) is 1.04. The monoisotopic (exact) mass is 273 g/mol. The quantitative estimate of drug-likeness (QED) is 0.889. The largest absolute Gasteiger partial charge is 0.354 e. The fraction of sp³-hybridized carbons (Fsp3) is 0.625. The molecule has 2 fully saturated rings. The summed E-state index contributed by atoms with van der Waals surface area (Å²) >= 11 is 0. The molecule has 108 valence electrons. The highest BCUT2D eigenvalue weighted by Gasteiger charge is 2.39. The Bertz CT molecular complexity index is 442. The Balaban J connectivity index is 1.43. The van der Waals surface area contributed by atoms with Crippen LogP contribution in [0.4, 0.5) is 0 Å². The Morgan fingerprint density at radius 2 is 2.15 bits per heavy atom. The number of rotatable bonds is 5. The van der Waals surface area contributed by atoms with Gasteiger partial charge in [-0.1, -0.05) is 18.9 Å². The minimum atomic E-state index is 0.127. The van der Waals surface area contributed by atoms with E-state index in [1.54, 1.807) is 6.20 Å². The van der Waals surface area contributed by atoms with Crippen LogP contribution in [0.5, 0.6) is 0 Å². The summed E-state index contributed by atoms with van der Waals surface area (Å²) < 4.78 is 0. The standard InChI is InChI=1S/C16H23N3O/c20-16(18-11-8-13-5-3-4-10-17-13)15-9-12-19(15)14-6-1-2-7-14/h3-5,10,14-15H,1-2,6-9,11-12H2,(H,18,20). The maximum atomic E-state index is 12.2. The molecule has 1 aliphatic heterocycles. The molecule has 1 unspecified atom stereocenters. The first-order valence-electron chi connectivity index (χ1n) is 7.78. The summed E-state index contributed by atoms with van der Waals surface area (Å²) in [4.78, 5) is 18.9. The number of pyridine rings is 1. The summed E-state index contributed by atoms with van der Waals surface area (Å²) in [6, 6.07) is 6.69. The SMILES string of the molecule is O=C(NCCc1ccccn1)C1CCN1C1CCCC1. The van der Waals surface area contributed by atoms with E-state index in [1.165, 1.54) is 25.7 Å². The van der Waals surface area contributed by atoms with Crippen molar-refractivity contribution in [3.63, 3.8) is 0 Å². The minimum Gasteiger partial charge on any atom is -0.354 e. The van der Waals surface area contributed by atoms with Gasteiger partial charge in [0, 0.05) is 37.4 Å². The topological polar surface area (TPSA) is 45.2 Å². The molecule has 4 nitrogen and oxygen atoms in total. The summed E-state index contributed by atoms with van der Waals surface area (Å²) in [5.74, 6) is 0.207. The number of carbonyl (C=O) groups excluding carboxylic acids is 1. The molecule has 0 spiro atoms. The Morgan fingerprint density at radius 3 is 2.80 bits per heavy atom. The third-order valence-electron chi connectivity index (χ3n) is 4.56. The second-order valence-corrected chi connectivity index (χ2v) is 5.84. The number of nitrogens with zero attached hydrogens (tertiary/aromatic N) is 2. The van der Waals surface area contributed by atoms with Gasteiger partial charge in [0.25, 0.3) is 0 Å². The van der Waals surface area contributed by atoms with Crippen LogP contribution in [0.2, 0.25) is 0 Å². The molecule has 3 rings (SSSR count). The summed E-state index contributed by atoms with van der Waals surface area (Å²) in [5, 5.41) is 3.07. The number of nitrogens with one attached hydrogen (secondary N) is 1. The van der Waals surface area contributed by atoms with Gasteiger partial charge in [0.2, 0.25) is 5.91 Å². The average Bonchev–Trinajstić information content (AvgIpc) is 2.92. The highest BCUT2D eigenvalue weighted by molar-refractivity contribution is 5.82. The van der Waals surface area contributed by atoms with Crippen molar-refractivity contribution >= 4 is 5.91 Å². The number of aromatic nitrogens is 1. The van der Waals surface area contributed by atoms with E-state index in [0.29, 0.717) is 12.6 Å². The highest BCUT2D eigenvalue weighted by Crippen LogP contribution is 2.30. The van der Waals surface area contributed by atoms with Gasteiger partial charge in [0.15, 0.2) is 0 Å². The number of hydrogen-bond donors (Lipinski definition) is 1. The summed E-state index contributed by atoms with van der Waals surface area (Å²) in [6.07, 6.45) is 8.83. The van der Waals surface area contributed by atoms with E-state index in [4.69, 9.17) is 0 Å². The van der Waals surface area contributed by atoms with E-state index < -0.39 is 0 Å². The summed E-state index contributed by atoms with van der Waals surface area (Å²) in [7, 11) is 0. The van der Waals surface area contributed by atoms with Crippen molar-refractivity contribution in [1.29, 1.82) is 0 Å². The lowest BCUT2D eigenvalue weighted by molar-refractivity contribution is -0.132. The van der Waals surface area contributed by atoms with Crippen molar-refractivity contribution in [3.05, 3.63) is 30.1 Å². The molecule has 1 aliphatic carbocycles. The van der Waals surface area contributed by atoms with Crippen LogP contribution < -0.4 is 5.32 Å². The maximum absolute atomic E-state index is 12.2. The van der Waals surface area contributed by atoms with E-state index in [-0.39, 0.29) is 11.9 Å². The van der Waals surface area contributed by atoms with Crippen molar-refractivity contribution in [2.45, 2.75) is 50.6 Å². The average molecular weight is 273 g/mol. The van der Waals surface area contributed by atoms with Crippen LogP contribution in [0.25, 0.3) is 0 Å². The van der Waals surface area contributed by atoms with E-state index >= 15 is 0 Å². The van der Waals surface area contributed by atoms with Gasteiger partial charge in [0.1, 0.15) is 0 Å². The van der Waals surface area contributed by atoms with Gasteiger partial charge >= 0.3 is 0 Å². The number of likely N-dealkylation sites (tertiary alicyclic amines) is 1. The van der Waals surface area contributed by atoms with E-state index in [0.717, 1.165) is 25.1 Å². The number of amides is 1. The molecule has 1 aromatic heterocycles. The number of hydrogen-bond acceptors (Lipinski definition) is 3. The Labute approximate surface area is 120 Å². The molecular weight excluding hydrogens is 250 g/mol. The predicted molar refractivity (Wildman–Crippen MR) is 78.3 cm³/mol. The third kappa shape index (κ3) is 3.01. The van der Waals surface area contributed by atoms with Gasteiger partial charge < -0.3 is 5.32 Å². The zero-order chi connectivity index (χ0) is 13.8. The zero-order valence-electron chi connectivity index (χ0n) is 11.9. The molecule has 2 heterocycles. The van der Waals surface area contributed by atoms with Crippen LogP contribution in [0.1, 0.15) is 37.8 Å². The molecule has 1 amide bonds. The van der Waals surface area contributed by atoms with Crippen LogP contribution >= 0.6 is 0 Å². The Morgan fingerprint density at radius 1 is 1.30 bits per heavy atom. The fourth-order valence-electron chi connectivity index (χ4n) is 3.34. The second-order valence-electron chi connectivity index (χ2n) is 5.84. The van der Waals surface area contributed by atoms with Crippen molar-refractivity contribution in [1.82, 2.24) is 15.2 Å². The molecule has 0 bridgehead atoms. The fourth-order valence-corrected chi connectivity index (χ4v) is 3.34. The van der Waals surface area contributed by atoms with Crippen LogP contribution in [-0.4, -0.2) is 41.0 Å². The van der Waals surface area contributed by atoms with Crippen molar-refractivity contribution in [2.24, 2.45) is 0 Å². The summed E-state index contributed by atoms with van der Waals surface area (Å²) in [6.45, 7) is 1.79. The molecule has 1 aromatic rings. The van der Waals surface area contributed by atoms with E-state index in [1.807, 2.05) is 18.2 Å². The zero-order valence-corrected chi connectivity index (χ0v) is 11.9. The first kappa shape index (κ1) is 13.6. The lowest BCUT2D eigenvalue weighted by atomic mass is 9.98. The maximum Gasteiger partial charge on any atom is 0.237 e. The van der Waals surface area contributed by atoms with Crippen molar-refractivity contribution in [3.8, 4) is 0 Å². The second kappa shape index (κ2) is 6.35. The first-order chi connectivity index (χ1) is 9.84. The van der Waals surface area contributed by atoms with Crippen LogP contribution in [-0.2, 0) is 11.2 Å². The third-order valence-corrected chi connectivity index (χ3v) is 4.56. The predicted octanol–water partition coefficient (Wildman–Crippen LogP) is 1.76. The lowest BCUT2D eigenvalue weighted by Gasteiger charge is -2.43. The minimum absolute atomic E-state index is 0.127. The van der Waals surface area contributed by atoms with Gasteiger partial charge in [-0.2, -0.15) is 0 Å². The van der Waals surface area contributed by atoms with E-state index in [9.17, 15) is 4.79 Å². The van der Waals surface area contributed by atoms with Crippen LogP contribution in [0.3, 0.4) is 0 Å². The van der Waals surface area contributed by atoms with Gasteiger partial charge in [-0.3, -0.25) is 14.7 Å². The molecule has 0 aromatic carbocycles.